The number of rotatable bonds is 3. The molecule has 8 nitrogen and oxygen atoms in total. The summed E-state index contributed by atoms with van der Waals surface area (Å²) >= 11 is 0. The average Bonchev–Trinajstić information content (AvgIpc) is 2.87. The first-order chi connectivity index (χ1) is 9.02. The molecule has 0 bridgehead atoms. The zero-order valence-corrected chi connectivity index (χ0v) is 9.94. The Morgan fingerprint density at radius 3 is 2.47 bits per heavy atom. The zero-order valence-electron chi connectivity index (χ0n) is 9.94. The summed E-state index contributed by atoms with van der Waals surface area (Å²) in [7, 11) is 0. The third kappa shape index (κ3) is 2.37. The van der Waals surface area contributed by atoms with E-state index in [0.717, 1.165) is 0 Å². The van der Waals surface area contributed by atoms with Crippen LogP contribution in [0.1, 0.15) is 33.8 Å². The van der Waals surface area contributed by atoms with Crippen LogP contribution >= 0.6 is 0 Å². The first-order valence-corrected chi connectivity index (χ1v) is 5.67. The predicted octanol–water partition coefficient (Wildman–Crippen LogP) is -0.735. The molecule has 1 aliphatic heterocycles. The van der Waals surface area contributed by atoms with E-state index >= 15 is 0 Å². The molecule has 0 aliphatic carbocycles. The predicted molar refractivity (Wildman–Crippen MR) is 62.2 cm³/mol. The summed E-state index contributed by atoms with van der Waals surface area (Å²) in [6, 6.07) is -0.712. The molecule has 1 fully saturated rings. The third-order valence-electron chi connectivity index (χ3n) is 2.95. The Bertz CT molecular complexity index is 545. The summed E-state index contributed by atoms with van der Waals surface area (Å²) in [5.74, 6) is -2.58. The maximum atomic E-state index is 12.2. The molecule has 0 aromatic carbocycles. The van der Waals surface area contributed by atoms with E-state index in [0.29, 0.717) is 19.4 Å². The number of amides is 2. The van der Waals surface area contributed by atoms with Crippen molar-refractivity contribution in [3.63, 3.8) is 0 Å². The number of nitrogens with two attached hydrogens (primary N) is 1. The van der Waals surface area contributed by atoms with E-state index < -0.39 is 29.5 Å². The van der Waals surface area contributed by atoms with E-state index in [4.69, 9.17) is 10.8 Å². The van der Waals surface area contributed by atoms with Crippen molar-refractivity contribution in [2.75, 3.05) is 6.54 Å². The van der Waals surface area contributed by atoms with Gasteiger partial charge in [0.05, 0.1) is 0 Å². The van der Waals surface area contributed by atoms with E-state index in [9.17, 15) is 14.4 Å². The van der Waals surface area contributed by atoms with Crippen LogP contribution in [0.25, 0.3) is 0 Å². The molecule has 1 aliphatic rings. The standard InChI is InChI=1S/C11H12N4O4/c12-9(16)6-2-1-5-15(6)10(17)7-8(11(18)19)14-4-3-13-7/h3-4,6H,1-2,5H2,(H2,12,16)(H,18,19). The number of carbonyl (C=O) groups is 3. The number of aromatic carboxylic acids is 1. The van der Waals surface area contributed by atoms with Crippen LogP contribution in [0, 0.1) is 0 Å². The highest BCUT2D eigenvalue weighted by molar-refractivity contribution is 6.03. The minimum atomic E-state index is -1.34. The maximum absolute atomic E-state index is 12.2. The number of nitrogens with zero attached hydrogens (tertiary/aromatic N) is 3. The molecule has 0 saturated carbocycles. The van der Waals surface area contributed by atoms with Crippen molar-refractivity contribution < 1.29 is 19.5 Å². The number of carboxylic acid groups (broad SMARTS) is 1. The highest BCUT2D eigenvalue weighted by atomic mass is 16.4. The molecular weight excluding hydrogens is 252 g/mol. The molecule has 0 radical (unpaired) electrons. The fraction of sp³-hybridized carbons (Fsp3) is 0.364. The van der Waals surface area contributed by atoms with Crippen LogP contribution in [0.3, 0.4) is 0 Å². The fourth-order valence-electron chi connectivity index (χ4n) is 2.09. The van der Waals surface area contributed by atoms with Gasteiger partial charge in [0.2, 0.25) is 5.91 Å². The van der Waals surface area contributed by atoms with Crippen molar-refractivity contribution in [1.82, 2.24) is 14.9 Å². The Hall–Kier alpha value is -2.51. The van der Waals surface area contributed by atoms with Crippen molar-refractivity contribution in [2.24, 2.45) is 5.73 Å². The summed E-state index contributed by atoms with van der Waals surface area (Å²) in [6.45, 7) is 0.349. The molecule has 1 unspecified atom stereocenters. The van der Waals surface area contributed by atoms with Crippen LogP contribution in [-0.4, -0.2) is 50.3 Å². The first-order valence-electron chi connectivity index (χ1n) is 5.67. The quantitative estimate of drug-likeness (QED) is 0.740. The highest BCUT2D eigenvalue weighted by Crippen LogP contribution is 2.20. The summed E-state index contributed by atoms with van der Waals surface area (Å²) in [4.78, 5) is 43.1. The summed E-state index contributed by atoms with van der Waals surface area (Å²) in [5, 5.41) is 8.97. The average molecular weight is 264 g/mol. The maximum Gasteiger partial charge on any atom is 0.356 e. The molecule has 100 valence electrons. The molecule has 1 aromatic heterocycles. The van der Waals surface area contributed by atoms with E-state index in [1.807, 2.05) is 0 Å². The van der Waals surface area contributed by atoms with Gasteiger partial charge in [0.1, 0.15) is 6.04 Å². The lowest BCUT2D eigenvalue weighted by atomic mass is 10.2. The molecule has 2 heterocycles. The van der Waals surface area contributed by atoms with Crippen molar-refractivity contribution >= 4 is 17.8 Å². The van der Waals surface area contributed by atoms with Gasteiger partial charge in [-0.25, -0.2) is 14.8 Å². The number of hydrogen-bond donors (Lipinski definition) is 2. The number of carbonyl (C=O) groups excluding carboxylic acids is 2. The Labute approximate surface area is 108 Å². The number of hydrogen-bond acceptors (Lipinski definition) is 5. The van der Waals surface area contributed by atoms with Gasteiger partial charge < -0.3 is 15.7 Å². The topological polar surface area (TPSA) is 126 Å². The van der Waals surface area contributed by atoms with E-state index in [-0.39, 0.29) is 5.69 Å². The summed E-state index contributed by atoms with van der Waals surface area (Å²) in [5.41, 5.74) is 4.51. The number of carboxylic acids is 1. The van der Waals surface area contributed by atoms with Crippen molar-refractivity contribution in [2.45, 2.75) is 18.9 Å². The van der Waals surface area contributed by atoms with Crippen LogP contribution in [-0.2, 0) is 4.79 Å². The minimum absolute atomic E-state index is 0.275. The molecule has 1 aromatic rings. The van der Waals surface area contributed by atoms with Gasteiger partial charge >= 0.3 is 5.97 Å². The molecule has 0 spiro atoms. The molecule has 1 atom stereocenters. The molecule has 8 heteroatoms. The Balaban J connectivity index is 2.34. The van der Waals surface area contributed by atoms with Gasteiger partial charge in [-0.2, -0.15) is 0 Å². The normalized spacial score (nSPS) is 18.3. The largest absolute Gasteiger partial charge is 0.476 e. The van der Waals surface area contributed by atoms with Crippen LogP contribution < -0.4 is 5.73 Å². The van der Waals surface area contributed by atoms with Crippen LogP contribution in [0.15, 0.2) is 12.4 Å². The minimum Gasteiger partial charge on any atom is -0.476 e. The highest BCUT2D eigenvalue weighted by Gasteiger charge is 2.35. The van der Waals surface area contributed by atoms with E-state index in [1.54, 1.807) is 0 Å². The second kappa shape index (κ2) is 5.01. The van der Waals surface area contributed by atoms with Gasteiger partial charge in [0, 0.05) is 18.9 Å². The molecule has 2 amide bonds. The monoisotopic (exact) mass is 264 g/mol. The number of primary amides is 1. The zero-order chi connectivity index (χ0) is 14.0. The SMILES string of the molecule is NC(=O)C1CCCN1C(=O)c1nccnc1C(=O)O. The van der Waals surface area contributed by atoms with Gasteiger partial charge in [-0.15, -0.1) is 0 Å². The molecule has 3 N–H and O–H groups in total. The second-order valence-corrected chi connectivity index (χ2v) is 4.12. The third-order valence-corrected chi connectivity index (χ3v) is 2.95. The van der Waals surface area contributed by atoms with Crippen molar-refractivity contribution in [3.8, 4) is 0 Å². The lowest BCUT2D eigenvalue weighted by Crippen LogP contribution is -2.44. The second-order valence-electron chi connectivity index (χ2n) is 4.12. The lowest BCUT2D eigenvalue weighted by Gasteiger charge is -2.21. The summed E-state index contributed by atoms with van der Waals surface area (Å²) < 4.78 is 0. The fourth-order valence-corrected chi connectivity index (χ4v) is 2.09. The smallest absolute Gasteiger partial charge is 0.356 e. The van der Waals surface area contributed by atoms with Crippen LogP contribution in [0.2, 0.25) is 0 Å². The Morgan fingerprint density at radius 2 is 1.89 bits per heavy atom. The summed E-state index contributed by atoms with van der Waals surface area (Å²) in [6.07, 6.45) is 3.54. The van der Waals surface area contributed by atoms with Gasteiger partial charge in [-0.1, -0.05) is 0 Å². The van der Waals surface area contributed by atoms with Crippen molar-refractivity contribution in [3.05, 3.63) is 23.8 Å². The molecule has 1 saturated heterocycles. The van der Waals surface area contributed by atoms with Crippen LogP contribution in [0.5, 0.6) is 0 Å². The van der Waals surface area contributed by atoms with E-state index in [2.05, 4.69) is 9.97 Å². The van der Waals surface area contributed by atoms with E-state index in [1.165, 1.54) is 17.3 Å². The Morgan fingerprint density at radius 1 is 1.26 bits per heavy atom. The molecule has 2 rings (SSSR count). The van der Waals surface area contributed by atoms with Gasteiger partial charge in [-0.3, -0.25) is 9.59 Å². The van der Waals surface area contributed by atoms with Gasteiger partial charge in [0.15, 0.2) is 11.4 Å². The first kappa shape index (κ1) is 12.9. The Kier molecular flexibility index (Phi) is 3.41. The van der Waals surface area contributed by atoms with Gasteiger partial charge in [-0.05, 0) is 12.8 Å². The number of likely N-dealkylation sites (tertiary alicyclic amines) is 1. The van der Waals surface area contributed by atoms with Crippen LogP contribution in [0.4, 0.5) is 0 Å². The van der Waals surface area contributed by atoms with Gasteiger partial charge in [0.25, 0.3) is 5.91 Å². The lowest BCUT2D eigenvalue weighted by molar-refractivity contribution is -0.121. The van der Waals surface area contributed by atoms with Crippen molar-refractivity contribution in [1.29, 1.82) is 0 Å². The number of aromatic nitrogens is 2. The molecule has 19 heavy (non-hydrogen) atoms. The molecular formula is C11H12N4O4.